The first kappa shape index (κ1) is 34.3. The Bertz CT molecular complexity index is 1640. The largest absolute Gasteiger partial charge is 0.394 e. The van der Waals surface area contributed by atoms with E-state index in [9.17, 15) is 35.1 Å². The van der Waals surface area contributed by atoms with Gasteiger partial charge in [-0.15, -0.1) is 0 Å². The summed E-state index contributed by atoms with van der Waals surface area (Å²) in [6.45, 7) is 1.43. The molecule has 13 heteroatoms. The Hall–Kier alpha value is -4.60. The van der Waals surface area contributed by atoms with Crippen molar-refractivity contribution in [3.05, 3.63) is 120 Å². The fourth-order valence-electron chi connectivity index (χ4n) is 6.06. The van der Waals surface area contributed by atoms with Gasteiger partial charge in [0, 0.05) is 23.5 Å². The van der Waals surface area contributed by atoms with Gasteiger partial charge < -0.3 is 45.6 Å². The van der Waals surface area contributed by atoms with Gasteiger partial charge in [0.2, 0.25) is 0 Å². The first-order valence-corrected chi connectivity index (χ1v) is 16.1. The predicted octanol–water partition coefficient (Wildman–Crippen LogP) is 0.998. The van der Waals surface area contributed by atoms with Gasteiger partial charge in [-0.05, 0) is 60.4 Å². The molecule has 2 aliphatic rings. The molecule has 2 fully saturated rings. The Morgan fingerprint density at radius 3 is 1.47 bits per heavy atom. The Balaban J connectivity index is 1.02. The van der Waals surface area contributed by atoms with Crippen LogP contribution in [0.15, 0.2) is 97.6 Å². The highest BCUT2D eigenvalue weighted by Crippen LogP contribution is 2.28. The summed E-state index contributed by atoms with van der Waals surface area (Å²) in [6, 6.07) is 21.5. The second-order valence-corrected chi connectivity index (χ2v) is 12.2. The number of hydrogen-bond acceptors (Lipinski definition) is 9. The van der Waals surface area contributed by atoms with Crippen molar-refractivity contribution in [1.29, 1.82) is 0 Å². The zero-order chi connectivity index (χ0) is 34.7. The van der Waals surface area contributed by atoms with E-state index in [2.05, 4.69) is 10.6 Å². The van der Waals surface area contributed by atoms with Gasteiger partial charge >= 0.3 is 0 Å². The monoisotopic (exact) mass is 672 g/mol. The van der Waals surface area contributed by atoms with Crippen molar-refractivity contribution in [2.75, 3.05) is 17.2 Å². The summed E-state index contributed by atoms with van der Waals surface area (Å²) in [4.78, 5) is 26.0. The number of ether oxygens (including phenoxy) is 2. The molecular weight excluding hydrogens is 632 g/mol. The maximum absolute atomic E-state index is 13.0. The van der Waals surface area contributed by atoms with Crippen LogP contribution in [0.4, 0.5) is 11.4 Å². The van der Waals surface area contributed by atoms with Crippen LogP contribution in [0.5, 0.6) is 0 Å². The van der Waals surface area contributed by atoms with Crippen LogP contribution in [0.1, 0.15) is 57.6 Å². The number of aliphatic hydroxyl groups excluding tert-OH is 5. The quantitative estimate of drug-likeness (QED) is 0.121. The molecule has 2 saturated heterocycles. The third-order valence-electron chi connectivity index (χ3n) is 8.84. The van der Waals surface area contributed by atoms with Gasteiger partial charge in [0.15, 0.2) is 37.0 Å². The molecule has 6 rings (SSSR count). The lowest BCUT2D eigenvalue weighted by molar-refractivity contribution is -0.766. The minimum Gasteiger partial charge on any atom is -0.394 e. The molecule has 2 aromatic carbocycles. The molecule has 256 valence electrons. The van der Waals surface area contributed by atoms with Crippen molar-refractivity contribution in [2.45, 2.75) is 68.8 Å². The van der Waals surface area contributed by atoms with Gasteiger partial charge in [-0.1, -0.05) is 31.2 Å². The second-order valence-electron chi connectivity index (χ2n) is 12.2. The molecule has 0 spiro atoms. The predicted molar refractivity (Wildman–Crippen MR) is 174 cm³/mol. The zero-order valence-electron chi connectivity index (χ0n) is 26.7. The lowest BCUT2D eigenvalue weighted by atomic mass is 10.0. The fourth-order valence-corrected chi connectivity index (χ4v) is 6.06. The molecule has 13 nitrogen and oxygen atoms in total. The number of nitrogens with zero attached hydrogens (tertiary/aromatic N) is 2. The third kappa shape index (κ3) is 7.53. The standard InChI is InChI=1S/C36H38N4O9/c1-2-27-29(42)31(44)35(48-27)39-15-3-5-23(18-39)33(46)37-25-11-7-21(8-12-25)17-22-9-13-26(14-10-22)38-34(47)24-6-4-16-40(19-24)36-32(45)30(43)28(20-41)49-36/h3-16,18-19,27-32,35-36,41-45H,2,17,20H2,1H3/p+2/t27-,28-,29-,30-,31-,32-,35-,36-/m1/s1. The molecule has 0 bridgehead atoms. The number of pyridine rings is 2. The lowest BCUT2D eigenvalue weighted by Gasteiger charge is -2.11. The van der Waals surface area contributed by atoms with Crippen molar-refractivity contribution in [3.8, 4) is 0 Å². The zero-order valence-corrected chi connectivity index (χ0v) is 26.7. The maximum Gasteiger partial charge on any atom is 0.292 e. The molecule has 4 heterocycles. The number of aliphatic hydroxyl groups is 5. The molecule has 0 radical (unpaired) electrons. The SMILES string of the molecule is CC[C@H]1O[C@@H]([n+]2cccc(C(=O)Nc3ccc(Cc4ccc(NC(=O)c5ccc[n+]([C@@H]6O[C@H](CO)[C@@H](O)[C@H]6O)c5)cc4)cc3)c2)[C@H](O)[C@@H]1O. The van der Waals surface area contributed by atoms with Crippen molar-refractivity contribution in [1.82, 2.24) is 0 Å². The van der Waals surface area contributed by atoms with E-state index in [0.29, 0.717) is 35.3 Å². The summed E-state index contributed by atoms with van der Waals surface area (Å²) in [7, 11) is 0. The summed E-state index contributed by atoms with van der Waals surface area (Å²) in [5.74, 6) is -0.700. The molecule has 0 saturated carbocycles. The van der Waals surface area contributed by atoms with Crippen molar-refractivity contribution in [2.24, 2.45) is 0 Å². The Labute approximate surface area is 282 Å². The van der Waals surface area contributed by atoms with Gasteiger partial charge in [-0.3, -0.25) is 9.59 Å². The molecule has 0 aliphatic carbocycles. The van der Waals surface area contributed by atoms with Crippen molar-refractivity contribution < 1.29 is 53.7 Å². The van der Waals surface area contributed by atoms with Crippen LogP contribution in [0.3, 0.4) is 0 Å². The number of rotatable bonds is 10. The summed E-state index contributed by atoms with van der Waals surface area (Å²) in [5, 5.41) is 56.1. The topological polar surface area (TPSA) is 186 Å². The number of amides is 2. The highest BCUT2D eigenvalue weighted by atomic mass is 16.6. The highest BCUT2D eigenvalue weighted by molar-refractivity contribution is 6.04. The van der Waals surface area contributed by atoms with Gasteiger partial charge in [0.05, 0.1) is 12.7 Å². The van der Waals surface area contributed by atoms with Gasteiger partial charge in [-0.2, -0.15) is 9.13 Å². The minimum absolute atomic E-state index is 0.314. The second kappa shape index (κ2) is 14.9. The fraction of sp³-hybridized carbons (Fsp3) is 0.333. The first-order chi connectivity index (χ1) is 23.6. The van der Waals surface area contributed by atoms with E-state index in [1.54, 1.807) is 59.6 Å². The number of nitrogens with one attached hydrogen (secondary N) is 2. The van der Waals surface area contributed by atoms with Crippen LogP contribution in [0.2, 0.25) is 0 Å². The van der Waals surface area contributed by atoms with Crippen LogP contribution < -0.4 is 19.8 Å². The molecule has 8 atom stereocenters. The van der Waals surface area contributed by atoms with Gasteiger partial charge in [0.1, 0.15) is 29.4 Å². The Morgan fingerprint density at radius 2 is 1.08 bits per heavy atom. The average Bonchev–Trinajstić information content (AvgIpc) is 3.59. The summed E-state index contributed by atoms with van der Waals surface area (Å²) >= 11 is 0. The summed E-state index contributed by atoms with van der Waals surface area (Å²) in [6.07, 6.45) is -0.184. The molecule has 4 aromatic rings. The van der Waals surface area contributed by atoms with Crippen LogP contribution in [-0.2, 0) is 15.9 Å². The normalized spacial score (nSPS) is 26.4. The van der Waals surface area contributed by atoms with E-state index in [-0.39, 0.29) is 11.8 Å². The molecule has 0 unspecified atom stereocenters. The number of hydrogen-bond donors (Lipinski definition) is 7. The number of carbonyl (C=O) groups excluding carboxylic acids is 2. The molecular formula is C36H40N4O9+2. The molecule has 2 amide bonds. The molecule has 2 aliphatic heterocycles. The number of aromatic nitrogens is 2. The van der Waals surface area contributed by atoms with E-state index in [1.807, 2.05) is 43.3 Å². The number of anilines is 2. The van der Waals surface area contributed by atoms with Crippen molar-refractivity contribution >= 4 is 23.2 Å². The van der Waals surface area contributed by atoms with Crippen LogP contribution in [0.25, 0.3) is 0 Å². The highest BCUT2D eigenvalue weighted by Gasteiger charge is 2.48. The molecule has 7 N–H and O–H groups in total. The van der Waals surface area contributed by atoms with E-state index >= 15 is 0 Å². The smallest absolute Gasteiger partial charge is 0.292 e. The lowest BCUT2D eigenvalue weighted by Crippen LogP contribution is -2.46. The van der Waals surface area contributed by atoms with Crippen LogP contribution in [-0.4, -0.2) is 80.6 Å². The van der Waals surface area contributed by atoms with E-state index < -0.39 is 55.7 Å². The van der Waals surface area contributed by atoms with E-state index in [1.165, 1.54) is 10.8 Å². The summed E-state index contributed by atoms with van der Waals surface area (Å²) < 4.78 is 14.4. The van der Waals surface area contributed by atoms with E-state index in [4.69, 9.17) is 9.47 Å². The third-order valence-corrected chi connectivity index (χ3v) is 8.84. The number of benzene rings is 2. The maximum atomic E-state index is 13.0. The Morgan fingerprint density at radius 1 is 0.653 bits per heavy atom. The minimum atomic E-state index is -1.26. The Kier molecular flexibility index (Phi) is 10.4. The van der Waals surface area contributed by atoms with Crippen LogP contribution >= 0.6 is 0 Å². The number of carbonyl (C=O) groups is 2. The molecule has 49 heavy (non-hydrogen) atoms. The summed E-state index contributed by atoms with van der Waals surface area (Å²) in [5.41, 5.74) is 3.91. The average molecular weight is 673 g/mol. The first-order valence-electron chi connectivity index (χ1n) is 16.1. The molecule has 2 aromatic heterocycles. The van der Waals surface area contributed by atoms with Gasteiger partial charge in [-0.25, -0.2) is 0 Å². The van der Waals surface area contributed by atoms with Crippen LogP contribution in [0, 0.1) is 0 Å². The van der Waals surface area contributed by atoms with Crippen molar-refractivity contribution in [3.63, 3.8) is 0 Å². The van der Waals surface area contributed by atoms with E-state index in [0.717, 1.165) is 11.1 Å². The van der Waals surface area contributed by atoms with Gasteiger partial charge in [0.25, 0.3) is 24.3 Å².